The molecule has 0 heterocycles. The van der Waals surface area contributed by atoms with Crippen LogP contribution in [-0.2, 0) is 0 Å². The van der Waals surface area contributed by atoms with Crippen LogP contribution in [0.4, 0.5) is 14.5 Å². The number of carboxylic acids is 1. The van der Waals surface area contributed by atoms with Crippen molar-refractivity contribution in [1.82, 2.24) is 4.90 Å². The second-order valence-corrected chi connectivity index (χ2v) is 5.45. The van der Waals surface area contributed by atoms with Gasteiger partial charge in [0.25, 0.3) is 0 Å². The largest absolute Gasteiger partial charge is 0.478 e. The topological polar surface area (TPSA) is 52.6 Å². The monoisotopic (exact) mass is 300 g/mol. The fourth-order valence-corrected chi connectivity index (χ4v) is 2.28. The molecule has 1 aromatic rings. The molecule has 6 heteroatoms. The summed E-state index contributed by atoms with van der Waals surface area (Å²) < 4.78 is 27.3. The zero-order valence-corrected chi connectivity index (χ0v) is 12.8. The summed E-state index contributed by atoms with van der Waals surface area (Å²) in [5, 5.41) is 11.5. The van der Waals surface area contributed by atoms with Crippen molar-refractivity contribution in [3.63, 3.8) is 0 Å². The number of benzene rings is 1. The predicted octanol–water partition coefficient (Wildman–Crippen LogP) is 3.19. The summed E-state index contributed by atoms with van der Waals surface area (Å²) >= 11 is 0. The third-order valence-electron chi connectivity index (χ3n) is 3.32. The Hall–Kier alpha value is -1.69. The number of halogens is 2. The fourth-order valence-electron chi connectivity index (χ4n) is 2.28. The Balaban J connectivity index is 2.73. The van der Waals surface area contributed by atoms with E-state index in [0.29, 0.717) is 25.2 Å². The normalized spacial score (nSPS) is 11.5. The highest BCUT2D eigenvalue weighted by Crippen LogP contribution is 2.20. The highest BCUT2D eigenvalue weighted by atomic mass is 19.2. The number of anilines is 1. The number of hydrogen-bond donors (Lipinski definition) is 2. The Morgan fingerprint density at radius 1 is 1.19 bits per heavy atom. The molecular formula is C15H22F2N2O2. The Bertz CT molecular complexity index is 497. The van der Waals surface area contributed by atoms with Gasteiger partial charge in [-0.05, 0) is 39.8 Å². The molecule has 4 nitrogen and oxygen atoms in total. The molecule has 0 atom stereocenters. The van der Waals surface area contributed by atoms with Crippen LogP contribution >= 0.6 is 0 Å². The number of nitrogens with one attached hydrogen (secondary N) is 1. The van der Waals surface area contributed by atoms with Crippen molar-refractivity contribution in [2.24, 2.45) is 0 Å². The molecule has 0 aliphatic heterocycles. The van der Waals surface area contributed by atoms with Crippen molar-refractivity contribution in [2.75, 3.05) is 18.4 Å². The minimum atomic E-state index is -1.48. The summed E-state index contributed by atoms with van der Waals surface area (Å²) in [6.07, 6.45) is 0. The Labute approximate surface area is 123 Å². The fraction of sp³-hybridized carbons (Fsp3) is 0.533. The minimum Gasteiger partial charge on any atom is -0.478 e. The molecule has 0 radical (unpaired) electrons. The summed E-state index contributed by atoms with van der Waals surface area (Å²) in [7, 11) is 0. The molecule has 0 aliphatic rings. The molecule has 1 aromatic carbocycles. The van der Waals surface area contributed by atoms with Crippen LogP contribution in [0.5, 0.6) is 0 Å². The lowest BCUT2D eigenvalue weighted by atomic mass is 10.2. The van der Waals surface area contributed by atoms with E-state index in [9.17, 15) is 13.6 Å². The predicted molar refractivity (Wildman–Crippen MR) is 78.8 cm³/mol. The molecule has 0 fully saturated rings. The lowest BCUT2D eigenvalue weighted by molar-refractivity contribution is 0.0690. The minimum absolute atomic E-state index is 0.0232. The highest BCUT2D eigenvalue weighted by molar-refractivity contribution is 5.88. The van der Waals surface area contributed by atoms with Gasteiger partial charge in [0.2, 0.25) is 0 Å². The summed E-state index contributed by atoms with van der Waals surface area (Å²) in [5.41, 5.74) is -0.686. The van der Waals surface area contributed by atoms with Gasteiger partial charge in [-0.3, -0.25) is 4.90 Å². The van der Waals surface area contributed by atoms with Crippen LogP contribution in [0.2, 0.25) is 0 Å². The zero-order chi connectivity index (χ0) is 16.2. The van der Waals surface area contributed by atoms with Crippen molar-refractivity contribution in [3.8, 4) is 0 Å². The number of hydrogen-bond acceptors (Lipinski definition) is 3. The summed E-state index contributed by atoms with van der Waals surface area (Å²) in [5.74, 6) is -3.98. The molecule has 0 saturated carbocycles. The maximum atomic E-state index is 13.7. The third-order valence-corrected chi connectivity index (χ3v) is 3.32. The molecule has 0 unspecified atom stereocenters. The number of carbonyl (C=O) groups is 1. The van der Waals surface area contributed by atoms with E-state index in [1.165, 1.54) is 6.07 Å². The zero-order valence-electron chi connectivity index (χ0n) is 12.8. The first kappa shape index (κ1) is 17.4. The average molecular weight is 300 g/mol. The van der Waals surface area contributed by atoms with E-state index in [2.05, 4.69) is 37.9 Å². The van der Waals surface area contributed by atoms with Gasteiger partial charge in [0.15, 0.2) is 11.6 Å². The van der Waals surface area contributed by atoms with Crippen LogP contribution in [0.3, 0.4) is 0 Å². The maximum absolute atomic E-state index is 13.7. The molecule has 0 saturated heterocycles. The van der Waals surface area contributed by atoms with Crippen LogP contribution in [0.1, 0.15) is 38.1 Å². The molecule has 0 aromatic heterocycles. The van der Waals surface area contributed by atoms with E-state index in [-0.39, 0.29) is 5.69 Å². The summed E-state index contributed by atoms with van der Waals surface area (Å²) in [6.45, 7) is 9.41. The van der Waals surface area contributed by atoms with Crippen molar-refractivity contribution in [2.45, 2.75) is 39.8 Å². The molecule has 21 heavy (non-hydrogen) atoms. The quantitative estimate of drug-likeness (QED) is 0.812. The average Bonchev–Trinajstić information content (AvgIpc) is 2.37. The van der Waals surface area contributed by atoms with Gasteiger partial charge in [0.1, 0.15) is 0 Å². The standard InChI is InChI=1S/C15H22F2N2O2/c1-9(2)19(10(3)4)8-7-18-12-6-5-11(15(20)21)13(16)14(12)17/h5-6,9-10,18H,7-8H2,1-4H3,(H,20,21). The van der Waals surface area contributed by atoms with Gasteiger partial charge >= 0.3 is 5.97 Å². The summed E-state index contributed by atoms with van der Waals surface area (Å²) in [6, 6.07) is 3.01. The van der Waals surface area contributed by atoms with Gasteiger partial charge in [0, 0.05) is 25.2 Å². The lowest BCUT2D eigenvalue weighted by Crippen LogP contribution is -2.40. The van der Waals surface area contributed by atoms with Crippen molar-refractivity contribution in [1.29, 1.82) is 0 Å². The molecule has 0 spiro atoms. The highest BCUT2D eigenvalue weighted by Gasteiger charge is 2.18. The van der Waals surface area contributed by atoms with Gasteiger partial charge in [-0.15, -0.1) is 0 Å². The molecule has 0 amide bonds. The number of rotatable bonds is 7. The maximum Gasteiger partial charge on any atom is 0.338 e. The van der Waals surface area contributed by atoms with Crippen LogP contribution in [-0.4, -0.2) is 41.1 Å². The van der Waals surface area contributed by atoms with Crippen LogP contribution in [0.15, 0.2) is 12.1 Å². The first-order chi connectivity index (χ1) is 9.75. The lowest BCUT2D eigenvalue weighted by Gasteiger charge is -2.30. The van der Waals surface area contributed by atoms with E-state index in [1.54, 1.807) is 0 Å². The van der Waals surface area contributed by atoms with Crippen LogP contribution in [0.25, 0.3) is 0 Å². The van der Waals surface area contributed by atoms with Crippen molar-refractivity contribution < 1.29 is 18.7 Å². The Morgan fingerprint density at radius 3 is 2.24 bits per heavy atom. The molecule has 2 N–H and O–H groups in total. The van der Waals surface area contributed by atoms with E-state index < -0.39 is 23.2 Å². The molecule has 0 aliphatic carbocycles. The second kappa shape index (κ2) is 7.36. The molecular weight excluding hydrogens is 278 g/mol. The van der Waals surface area contributed by atoms with Crippen molar-refractivity contribution >= 4 is 11.7 Å². The van der Waals surface area contributed by atoms with E-state index in [0.717, 1.165) is 6.07 Å². The van der Waals surface area contributed by atoms with E-state index in [4.69, 9.17) is 5.11 Å². The third kappa shape index (κ3) is 4.39. The second-order valence-electron chi connectivity index (χ2n) is 5.45. The van der Waals surface area contributed by atoms with E-state index in [1.807, 2.05) is 0 Å². The molecule has 118 valence electrons. The van der Waals surface area contributed by atoms with Gasteiger partial charge in [0.05, 0.1) is 11.3 Å². The number of aromatic carboxylic acids is 1. The Morgan fingerprint density at radius 2 is 1.76 bits per heavy atom. The Kier molecular flexibility index (Phi) is 6.08. The van der Waals surface area contributed by atoms with Crippen LogP contribution < -0.4 is 5.32 Å². The van der Waals surface area contributed by atoms with Crippen LogP contribution in [0, 0.1) is 11.6 Å². The number of nitrogens with zero attached hydrogens (tertiary/aromatic N) is 1. The number of carboxylic acid groups (broad SMARTS) is 1. The molecule has 1 rings (SSSR count). The first-order valence-corrected chi connectivity index (χ1v) is 6.96. The summed E-state index contributed by atoms with van der Waals surface area (Å²) in [4.78, 5) is 12.9. The van der Waals surface area contributed by atoms with E-state index >= 15 is 0 Å². The van der Waals surface area contributed by atoms with Crippen molar-refractivity contribution in [3.05, 3.63) is 29.3 Å². The van der Waals surface area contributed by atoms with Gasteiger partial charge in [-0.25, -0.2) is 13.6 Å². The SMILES string of the molecule is CC(C)N(CCNc1ccc(C(=O)O)c(F)c1F)C(C)C. The van der Waals surface area contributed by atoms with Gasteiger partial charge in [-0.2, -0.15) is 0 Å². The smallest absolute Gasteiger partial charge is 0.338 e. The first-order valence-electron chi connectivity index (χ1n) is 6.96. The molecule has 0 bridgehead atoms. The van der Waals surface area contributed by atoms with Gasteiger partial charge < -0.3 is 10.4 Å². The van der Waals surface area contributed by atoms with Gasteiger partial charge in [-0.1, -0.05) is 0 Å².